The predicted molar refractivity (Wildman–Crippen MR) is 51.6 cm³/mol. The smallest absolute Gasteiger partial charge is 0.0762 e. The molecule has 0 aliphatic heterocycles. The summed E-state index contributed by atoms with van der Waals surface area (Å²) in [6.45, 7) is 5.64. The van der Waals surface area contributed by atoms with Crippen molar-refractivity contribution < 1.29 is 5.11 Å². The van der Waals surface area contributed by atoms with E-state index in [0.29, 0.717) is 0 Å². The van der Waals surface area contributed by atoms with Crippen LogP contribution >= 0.6 is 11.6 Å². The Hall–Kier alpha value is -0.530. The summed E-state index contributed by atoms with van der Waals surface area (Å²) in [4.78, 5) is 0. The van der Waals surface area contributed by atoms with Gasteiger partial charge >= 0.3 is 0 Å². The molecule has 1 atom stereocenters. The standard InChI is InChI=1S/C10H13ClO/c1-6-4-9(8(3)12)5-7(2)10(6)11/h4-5,8,12H,1-3H3. The lowest BCUT2D eigenvalue weighted by molar-refractivity contribution is 0.199. The van der Waals surface area contributed by atoms with Crippen molar-refractivity contribution in [2.75, 3.05) is 0 Å². The van der Waals surface area contributed by atoms with Gasteiger partial charge in [0.15, 0.2) is 0 Å². The van der Waals surface area contributed by atoms with E-state index < -0.39 is 6.10 Å². The zero-order valence-corrected chi connectivity index (χ0v) is 8.31. The summed E-state index contributed by atoms with van der Waals surface area (Å²) in [5, 5.41) is 10.1. The zero-order chi connectivity index (χ0) is 9.30. The van der Waals surface area contributed by atoms with Gasteiger partial charge < -0.3 is 5.11 Å². The van der Waals surface area contributed by atoms with Gasteiger partial charge in [-0.15, -0.1) is 0 Å². The summed E-state index contributed by atoms with van der Waals surface area (Å²) in [6, 6.07) is 3.83. The Labute approximate surface area is 78.0 Å². The molecule has 0 saturated heterocycles. The average Bonchev–Trinajstić information content (AvgIpc) is 1.99. The molecule has 2 heteroatoms. The molecule has 0 bridgehead atoms. The second-order valence-corrected chi connectivity index (χ2v) is 3.52. The van der Waals surface area contributed by atoms with Crippen molar-refractivity contribution in [1.29, 1.82) is 0 Å². The molecule has 0 saturated carbocycles. The molecule has 0 aliphatic carbocycles. The Morgan fingerprint density at radius 3 is 2.00 bits per heavy atom. The van der Waals surface area contributed by atoms with Crippen LogP contribution in [-0.2, 0) is 0 Å². The van der Waals surface area contributed by atoms with Crippen LogP contribution in [0.3, 0.4) is 0 Å². The summed E-state index contributed by atoms with van der Waals surface area (Å²) in [6.07, 6.45) is -0.417. The minimum absolute atomic E-state index is 0.417. The number of aliphatic hydroxyl groups is 1. The van der Waals surface area contributed by atoms with Gasteiger partial charge in [0.1, 0.15) is 0 Å². The maximum Gasteiger partial charge on any atom is 0.0762 e. The van der Waals surface area contributed by atoms with Crippen molar-refractivity contribution in [1.82, 2.24) is 0 Å². The van der Waals surface area contributed by atoms with Gasteiger partial charge in [-0.1, -0.05) is 23.7 Å². The van der Waals surface area contributed by atoms with Crippen molar-refractivity contribution in [3.05, 3.63) is 33.8 Å². The van der Waals surface area contributed by atoms with Gasteiger partial charge in [0, 0.05) is 5.02 Å². The van der Waals surface area contributed by atoms with E-state index >= 15 is 0 Å². The Morgan fingerprint density at radius 2 is 1.67 bits per heavy atom. The van der Waals surface area contributed by atoms with E-state index in [1.54, 1.807) is 6.92 Å². The van der Waals surface area contributed by atoms with E-state index in [2.05, 4.69) is 0 Å². The zero-order valence-electron chi connectivity index (χ0n) is 7.56. The third-order valence-corrected chi connectivity index (χ3v) is 2.54. The summed E-state index contributed by atoms with van der Waals surface area (Å²) in [7, 11) is 0. The molecule has 1 rings (SSSR count). The number of hydrogen-bond donors (Lipinski definition) is 1. The van der Waals surface area contributed by atoms with Crippen LogP contribution in [0.15, 0.2) is 12.1 Å². The van der Waals surface area contributed by atoms with E-state index in [1.165, 1.54) is 0 Å². The van der Waals surface area contributed by atoms with Crippen LogP contribution in [0.25, 0.3) is 0 Å². The summed E-state index contributed by atoms with van der Waals surface area (Å²) in [5.41, 5.74) is 2.97. The highest BCUT2D eigenvalue weighted by molar-refractivity contribution is 6.32. The molecule has 0 radical (unpaired) electrons. The second-order valence-electron chi connectivity index (χ2n) is 3.14. The third-order valence-electron chi connectivity index (χ3n) is 1.94. The number of halogens is 1. The average molecular weight is 185 g/mol. The molecule has 1 nitrogen and oxygen atoms in total. The second kappa shape index (κ2) is 3.46. The number of benzene rings is 1. The number of aryl methyl sites for hydroxylation is 2. The Morgan fingerprint density at radius 1 is 1.25 bits per heavy atom. The quantitative estimate of drug-likeness (QED) is 0.712. The molecular formula is C10H13ClO. The number of rotatable bonds is 1. The van der Waals surface area contributed by atoms with Gasteiger partial charge in [-0.2, -0.15) is 0 Å². The molecule has 1 aromatic carbocycles. The largest absolute Gasteiger partial charge is 0.389 e. The first-order valence-corrected chi connectivity index (χ1v) is 4.35. The fourth-order valence-electron chi connectivity index (χ4n) is 1.22. The lowest BCUT2D eigenvalue weighted by atomic mass is 10.0. The van der Waals surface area contributed by atoms with Crippen LogP contribution in [0.1, 0.15) is 29.7 Å². The lowest BCUT2D eigenvalue weighted by Crippen LogP contribution is -1.93. The first kappa shape index (κ1) is 9.56. The lowest BCUT2D eigenvalue weighted by Gasteiger charge is -2.09. The number of hydrogen-bond acceptors (Lipinski definition) is 1. The molecule has 1 aromatic rings. The van der Waals surface area contributed by atoms with Crippen LogP contribution < -0.4 is 0 Å². The molecular weight excluding hydrogens is 172 g/mol. The van der Waals surface area contributed by atoms with E-state index in [-0.39, 0.29) is 0 Å². The highest BCUT2D eigenvalue weighted by Crippen LogP contribution is 2.24. The minimum atomic E-state index is -0.417. The van der Waals surface area contributed by atoms with Gasteiger partial charge in [0.2, 0.25) is 0 Å². The van der Waals surface area contributed by atoms with Gasteiger partial charge in [-0.25, -0.2) is 0 Å². The van der Waals surface area contributed by atoms with Gasteiger partial charge in [0.05, 0.1) is 6.10 Å². The fraction of sp³-hybridized carbons (Fsp3) is 0.400. The van der Waals surface area contributed by atoms with Crippen LogP contribution in [0.5, 0.6) is 0 Å². The fourth-order valence-corrected chi connectivity index (χ4v) is 1.33. The van der Waals surface area contributed by atoms with E-state index in [0.717, 1.165) is 21.7 Å². The molecule has 0 fully saturated rings. The SMILES string of the molecule is Cc1cc(C(C)O)cc(C)c1Cl. The molecule has 12 heavy (non-hydrogen) atoms. The molecule has 1 N–H and O–H groups in total. The normalized spacial score (nSPS) is 13.1. The van der Waals surface area contributed by atoms with E-state index in [4.69, 9.17) is 11.6 Å². The monoisotopic (exact) mass is 184 g/mol. The highest BCUT2D eigenvalue weighted by Gasteiger charge is 2.05. The van der Waals surface area contributed by atoms with Crippen molar-refractivity contribution in [3.63, 3.8) is 0 Å². The molecule has 66 valence electrons. The van der Waals surface area contributed by atoms with Crippen molar-refractivity contribution >= 4 is 11.6 Å². The van der Waals surface area contributed by atoms with Gasteiger partial charge in [-0.05, 0) is 37.5 Å². The third kappa shape index (κ3) is 1.79. The summed E-state index contributed by atoms with van der Waals surface area (Å²) in [5.74, 6) is 0. The molecule has 0 spiro atoms. The maximum absolute atomic E-state index is 9.32. The minimum Gasteiger partial charge on any atom is -0.389 e. The van der Waals surface area contributed by atoms with Crippen LogP contribution in [-0.4, -0.2) is 5.11 Å². The Kier molecular flexibility index (Phi) is 2.76. The van der Waals surface area contributed by atoms with Crippen molar-refractivity contribution in [2.24, 2.45) is 0 Å². The highest BCUT2D eigenvalue weighted by atomic mass is 35.5. The summed E-state index contributed by atoms with van der Waals surface area (Å²) < 4.78 is 0. The Balaban J connectivity index is 3.21. The summed E-state index contributed by atoms with van der Waals surface area (Å²) >= 11 is 5.97. The Bertz CT molecular complexity index is 269. The first-order chi connectivity index (χ1) is 5.52. The van der Waals surface area contributed by atoms with E-state index in [9.17, 15) is 5.11 Å². The van der Waals surface area contributed by atoms with Gasteiger partial charge in [-0.3, -0.25) is 0 Å². The molecule has 0 heterocycles. The molecule has 0 aliphatic rings. The van der Waals surface area contributed by atoms with Crippen LogP contribution in [0.4, 0.5) is 0 Å². The molecule has 1 unspecified atom stereocenters. The van der Waals surface area contributed by atoms with Crippen LogP contribution in [0.2, 0.25) is 5.02 Å². The van der Waals surface area contributed by atoms with E-state index in [1.807, 2.05) is 26.0 Å². The first-order valence-electron chi connectivity index (χ1n) is 3.97. The van der Waals surface area contributed by atoms with Crippen molar-refractivity contribution in [2.45, 2.75) is 26.9 Å². The molecule has 0 aromatic heterocycles. The molecule has 0 amide bonds. The number of aliphatic hydroxyl groups excluding tert-OH is 1. The van der Waals surface area contributed by atoms with Crippen LogP contribution in [0, 0.1) is 13.8 Å². The topological polar surface area (TPSA) is 20.2 Å². The van der Waals surface area contributed by atoms with Crippen molar-refractivity contribution in [3.8, 4) is 0 Å². The van der Waals surface area contributed by atoms with Gasteiger partial charge in [0.25, 0.3) is 0 Å². The maximum atomic E-state index is 9.32. The predicted octanol–water partition coefficient (Wildman–Crippen LogP) is 3.01.